The van der Waals surface area contributed by atoms with Crippen molar-refractivity contribution in [2.75, 3.05) is 0 Å². The Labute approximate surface area is 99.2 Å². The summed E-state index contributed by atoms with van der Waals surface area (Å²) < 4.78 is 0. The van der Waals surface area contributed by atoms with Crippen LogP contribution in [0.15, 0.2) is 0 Å². The van der Waals surface area contributed by atoms with Crippen molar-refractivity contribution in [3.8, 4) is 12.3 Å². The van der Waals surface area contributed by atoms with Crippen LogP contribution in [0.4, 0.5) is 0 Å². The van der Waals surface area contributed by atoms with Gasteiger partial charge in [-0.3, -0.25) is 4.79 Å². The van der Waals surface area contributed by atoms with Crippen molar-refractivity contribution in [3.05, 3.63) is 0 Å². The molecule has 0 bridgehead atoms. The van der Waals surface area contributed by atoms with Gasteiger partial charge in [0, 0.05) is 18.9 Å². The molecule has 1 fully saturated rings. The fourth-order valence-corrected chi connectivity index (χ4v) is 2.37. The van der Waals surface area contributed by atoms with E-state index in [0.29, 0.717) is 12.8 Å². The van der Waals surface area contributed by atoms with Gasteiger partial charge in [0.05, 0.1) is 0 Å². The third-order valence-electron chi connectivity index (χ3n) is 3.48. The fraction of sp³-hybridized carbons (Fsp3) is 0.786. The number of nitrogens with one attached hydrogen (secondary N) is 1. The average Bonchev–Trinajstić information content (AvgIpc) is 2.78. The highest BCUT2D eigenvalue weighted by atomic mass is 16.1. The summed E-state index contributed by atoms with van der Waals surface area (Å²) in [5.41, 5.74) is 0. The van der Waals surface area contributed by atoms with Crippen LogP contribution in [0.3, 0.4) is 0 Å². The molecule has 0 heterocycles. The van der Waals surface area contributed by atoms with Gasteiger partial charge in [-0.05, 0) is 18.8 Å². The summed E-state index contributed by atoms with van der Waals surface area (Å²) in [4.78, 5) is 11.7. The molecule has 1 unspecified atom stereocenters. The van der Waals surface area contributed by atoms with Gasteiger partial charge in [-0.15, -0.1) is 12.3 Å². The van der Waals surface area contributed by atoms with Crippen LogP contribution in [0.5, 0.6) is 0 Å². The lowest BCUT2D eigenvalue weighted by molar-refractivity contribution is -0.122. The van der Waals surface area contributed by atoms with Gasteiger partial charge in [-0.25, -0.2) is 0 Å². The zero-order valence-corrected chi connectivity index (χ0v) is 10.3. The Morgan fingerprint density at radius 1 is 1.50 bits per heavy atom. The number of carbonyl (C=O) groups excluding carboxylic acids is 1. The largest absolute Gasteiger partial charge is 0.352 e. The number of carbonyl (C=O) groups is 1. The molecular formula is C14H23NO. The van der Waals surface area contributed by atoms with Crippen LogP contribution in [-0.4, -0.2) is 11.9 Å². The second-order valence-corrected chi connectivity index (χ2v) is 4.77. The normalized spacial score (nSPS) is 18.0. The van der Waals surface area contributed by atoms with E-state index in [2.05, 4.69) is 18.2 Å². The molecule has 2 nitrogen and oxygen atoms in total. The van der Waals surface area contributed by atoms with E-state index >= 15 is 0 Å². The lowest BCUT2D eigenvalue weighted by atomic mass is 10.0. The minimum atomic E-state index is 0.168. The molecule has 1 atom stereocenters. The van der Waals surface area contributed by atoms with Crippen molar-refractivity contribution < 1.29 is 4.79 Å². The molecule has 1 aliphatic carbocycles. The van der Waals surface area contributed by atoms with Crippen LogP contribution in [0.25, 0.3) is 0 Å². The first-order valence-electron chi connectivity index (χ1n) is 6.49. The van der Waals surface area contributed by atoms with E-state index in [1.165, 1.54) is 25.7 Å². The van der Waals surface area contributed by atoms with Gasteiger partial charge in [0.1, 0.15) is 0 Å². The smallest absolute Gasteiger partial charge is 0.220 e. The molecule has 1 rings (SSSR count). The molecule has 16 heavy (non-hydrogen) atoms. The number of terminal acetylenes is 1. The predicted molar refractivity (Wildman–Crippen MR) is 66.9 cm³/mol. The molecule has 0 aliphatic heterocycles. The van der Waals surface area contributed by atoms with Crippen molar-refractivity contribution in [2.45, 2.75) is 64.3 Å². The lowest BCUT2D eigenvalue weighted by Crippen LogP contribution is -2.34. The summed E-state index contributed by atoms with van der Waals surface area (Å²) in [6, 6.07) is 0.168. The van der Waals surface area contributed by atoms with Crippen molar-refractivity contribution in [3.63, 3.8) is 0 Å². The molecule has 0 aromatic carbocycles. The molecule has 0 aromatic rings. The van der Waals surface area contributed by atoms with E-state index in [4.69, 9.17) is 6.42 Å². The molecule has 0 aromatic heterocycles. The topological polar surface area (TPSA) is 29.1 Å². The molecule has 1 N–H and O–H groups in total. The fourth-order valence-electron chi connectivity index (χ4n) is 2.37. The number of hydrogen-bond donors (Lipinski definition) is 1. The summed E-state index contributed by atoms with van der Waals surface area (Å²) in [6.07, 6.45) is 13.9. The van der Waals surface area contributed by atoms with Crippen LogP contribution in [0.2, 0.25) is 0 Å². The monoisotopic (exact) mass is 221 g/mol. The van der Waals surface area contributed by atoms with E-state index < -0.39 is 0 Å². The molecule has 0 spiro atoms. The summed E-state index contributed by atoms with van der Waals surface area (Å²) in [5, 5.41) is 3.01. The molecule has 0 radical (unpaired) electrons. The highest BCUT2D eigenvalue weighted by molar-refractivity contribution is 5.76. The zero-order chi connectivity index (χ0) is 11.8. The Balaban J connectivity index is 2.16. The van der Waals surface area contributed by atoms with Crippen LogP contribution in [-0.2, 0) is 4.79 Å². The maximum atomic E-state index is 11.7. The second kappa shape index (κ2) is 7.33. The van der Waals surface area contributed by atoms with E-state index in [1.807, 2.05) is 0 Å². The minimum absolute atomic E-state index is 0.168. The van der Waals surface area contributed by atoms with Crippen molar-refractivity contribution in [1.29, 1.82) is 0 Å². The summed E-state index contributed by atoms with van der Waals surface area (Å²) in [7, 11) is 0. The molecule has 90 valence electrons. The molecular weight excluding hydrogens is 198 g/mol. The Hall–Kier alpha value is -0.970. The van der Waals surface area contributed by atoms with Crippen LogP contribution < -0.4 is 5.32 Å². The Morgan fingerprint density at radius 3 is 2.75 bits per heavy atom. The predicted octanol–water partition coefficient (Wildman–Crippen LogP) is 2.87. The second-order valence-electron chi connectivity index (χ2n) is 4.77. The third kappa shape index (κ3) is 4.70. The van der Waals surface area contributed by atoms with Crippen LogP contribution in [0, 0.1) is 18.3 Å². The Kier molecular flexibility index (Phi) is 6.00. The van der Waals surface area contributed by atoms with E-state index in [9.17, 15) is 4.79 Å². The van der Waals surface area contributed by atoms with Crippen LogP contribution >= 0.6 is 0 Å². The number of amides is 1. The lowest BCUT2D eigenvalue weighted by Gasteiger charge is -2.15. The Morgan fingerprint density at radius 2 is 2.19 bits per heavy atom. The molecule has 1 amide bonds. The van der Waals surface area contributed by atoms with Gasteiger partial charge in [-0.1, -0.05) is 32.6 Å². The highest BCUT2D eigenvalue weighted by Crippen LogP contribution is 2.28. The average molecular weight is 221 g/mol. The minimum Gasteiger partial charge on any atom is -0.352 e. The van der Waals surface area contributed by atoms with Gasteiger partial charge < -0.3 is 5.32 Å². The standard InChI is InChI=1S/C14H23NO/c1-3-7-13(4-2)15-14(16)11-10-12-8-5-6-9-12/h1,12-13H,4-11H2,2H3,(H,15,16). The molecule has 0 saturated heterocycles. The van der Waals surface area contributed by atoms with E-state index in [1.54, 1.807) is 0 Å². The first kappa shape index (κ1) is 13.1. The maximum Gasteiger partial charge on any atom is 0.220 e. The van der Waals surface area contributed by atoms with Gasteiger partial charge in [-0.2, -0.15) is 0 Å². The van der Waals surface area contributed by atoms with Gasteiger partial charge >= 0.3 is 0 Å². The molecule has 1 saturated carbocycles. The van der Waals surface area contributed by atoms with Crippen molar-refractivity contribution in [2.24, 2.45) is 5.92 Å². The first-order chi connectivity index (χ1) is 7.76. The Bertz CT molecular complexity index is 248. The number of rotatable bonds is 6. The third-order valence-corrected chi connectivity index (χ3v) is 3.48. The quantitative estimate of drug-likeness (QED) is 0.687. The maximum absolute atomic E-state index is 11.7. The van der Waals surface area contributed by atoms with Gasteiger partial charge in [0.25, 0.3) is 0 Å². The molecule has 2 heteroatoms. The first-order valence-corrected chi connectivity index (χ1v) is 6.49. The van der Waals surface area contributed by atoms with Gasteiger partial charge in [0.15, 0.2) is 0 Å². The SMILES string of the molecule is C#CCC(CC)NC(=O)CCC1CCCC1. The van der Waals surface area contributed by atoms with E-state index in [-0.39, 0.29) is 11.9 Å². The highest BCUT2D eigenvalue weighted by Gasteiger charge is 2.16. The summed E-state index contributed by atoms with van der Waals surface area (Å²) in [6.45, 7) is 2.05. The molecule has 1 aliphatic rings. The zero-order valence-electron chi connectivity index (χ0n) is 10.3. The van der Waals surface area contributed by atoms with Crippen LogP contribution in [0.1, 0.15) is 58.3 Å². The van der Waals surface area contributed by atoms with Crippen molar-refractivity contribution >= 4 is 5.91 Å². The summed E-state index contributed by atoms with van der Waals surface area (Å²) >= 11 is 0. The van der Waals surface area contributed by atoms with Crippen molar-refractivity contribution in [1.82, 2.24) is 5.32 Å². The summed E-state index contributed by atoms with van der Waals surface area (Å²) in [5.74, 6) is 3.57. The number of hydrogen-bond acceptors (Lipinski definition) is 1. The van der Waals surface area contributed by atoms with Gasteiger partial charge in [0.2, 0.25) is 5.91 Å². The van der Waals surface area contributed by atoms with E-state index in [0.717, 1.165) is 18.8 Å².